The lowest BCUT2D eigenvalue weighted by Crippen LogP contribution is -2.27. The molecule has 4 nitrogen and oxygen atoms in total. The first-order chi connectivity index (χ1) is 11.7. The molecule has 4 rings (SSSR count). The van der Waals surface area contributed by atoms with E-state index in [2.05, 4.69) is 6.08 Å². The van der Waals surface area contributed by atoms with E-state index in [0.717, 1.165) is 46.7 Å². The molecule has 24 heavy (non-hydrogen) atoms. The van der Waals surface area contributed by atoms with E-state index in [0.29, 0.717) is 11.7 Å². The lowest BCUT2D eigenvalue weighted by Gasteiger charge is -2.18. The second kappa shape index (κ2) is 6.55. The van der Waals surface area contributed by atoms with Gasteiger partial charge in [0.1, 0.15) is 10.9 Å². The van der Waals surface area contributed by atoms with Crippen LogP contribution in [0.25, 0.3) is 10.9 Å². The van der Waals surface area contributed by atoms with Crippen molar-refractivity contribution in [2.24, 2.45) is 0 Å². The van der Waals surface area contributed by atoms with Gasteiger partial charge in [0.15, 0.2) is 0 Å². The van der Waals surface area contributed by atoms with E-state index < -0.39 is 0 Å². The number of rotatable bonds is 5. The first-order valence-electron chi connectivity index (χ1n) is 8.57. The summed E-state index contributed by atoms with van der Waals surface area (Å²) in [6.45, 7) is 0. The van der Waals surface area contributed by atoms with Gasteiger partial charge in [0.05, 0.1) is 11.3 Å². The quantitative estimate of drug-likeness (QED) is 0.607. The number of carbonyl (C=O) groups excluding carboxylic acids is 1. The average molecular weight is 339 g/mol. The zero-order chi connectivity index (χ0) is 16.5. The smallest absolute Gasteiger partial charge is 0.236 e. The van der Waals surface area contributed by atoms with Gasteiger partial charge in [-0.2, -0.15) is 0 Å². The van der Waals surface area contributed by atoms with Crippen molar-refractivity contribution in [2.75, 3.05) is 12.8 Å². The van der Waals surface area contributed by atoms with Crippen LogP contribution in [-0.2, 0) is 4.79 Å². The third-order valence-electron chi connectivity index (χ3n) is 4.68. The van der Waals surface area contributed by atoms with E-state index in [9.17, 15) is 4.79 Å². The van der Waals surface area contributed by atoms with Crippen LogP contribution in [0, 0.1) is 0 Å². The van der Waals surface area contributed by atoms with E-state index in [-0.39, 0.29) is 5.91 Å². The third-order valence-corrected chi connectivity index (χ3v) is 5.66. The topological polar surface area (TPSA) is 46.1 Å². The Hall–Kier alpha value is -1.88. The van der Waals surface area contributed by atoms with E-state index in [1.165, 1.54) is 24.6 Å². The molecule has 0 radical (unpaired) electrons. The third kappa shape index (κ3) is 3.18. The molecule has 124 valence electrons. The van der Waals surface area contributed by atoms with Crippen molar-refractivity contribution >= 4 is 28.6 Å². The number of carbonyl (C=O) groups is 1. The Balaban J connectivity index is 1.54. The molecule has 0 saturated heterocycles. The highest BCUT2D eigenvalue weighted by molar-refractivity contribution is 8.00. The molecule has 0 aliphatic heterocycles. The standard InChI is InChI=1S/C19H21N3OS/c1-22(14-6-2-3-7-14)17(23)12-24-19-15-8-4-5-9-16(15)20-18(21-19)13-10-11-13/h4-6,8-9,13H,2-3,7,10-12H2,1H3. The van der Waals surface area contributed by atoms with Gasteiger partial charge >= 0.3 is 0 Å². The van der Waals surface area contributed by atoms with Crippen molar-refractivity contribution in [1.29, 1.82) is 0 Å². The zero-order valence-electron chi connectivity index (χ0n) is 13.9. The highest BCUT2D eigenvalue weighted by Gasteiger charge is 2.27. The van der Waals surface area contributed by atoms with Crippen molar-refractivity contribution in [3.05, 3.63) is 41.9 Å². The Labute approximate surface area is 146 Å². The fraction of sp³-hybridized carbons (Fsp3) is 0.421. The Morgan fingerprint density at radius 3 is 2.88 bits per heavy atom. The minimum absolute atomic E-state index is 0.142. The highest BCUT2D eigenvalue weighted by Crippen LogP contribution is 2.39. The molecule has 0 N–H and O–H groups in total. The van der Waals surface area contributed by atoms with Crippen LogP contribution in [0.5, 0.6) is 0 Å². The van der Waals surface area contributed by atoms with Crippen molar-refractivity contribution in [1.82, 2.24) is 14.9 Å². The molecule has 1 aromatic carbocycles. The summed E-state index contributed by atoms with van der Waals surface area (Å²) in [6, 6.07) is 8.09. The summed E-state index contributed by atoms with van der Waals surface area (Å²) in [6.07, 6.45) is 7.78. The van der Waals surface area contributed by atoms with E-state index in [1.807, 2.05) is 36.2 Å². The molecule has 1 amide bonds. The van der Waals surface area contributed by atoms with Gasteiger partial charge in [0.2, 0.25) is 5.91 Å². The molecule has 0 unspecified atom stereocenters. The second-order valence-corrected chi connectivity index (χ2v) is 7.47. The molecule has 5 heteroatoms. The van der Waals surface area contributed by atoms with Crippen LogP contribution >= 0.6 is 11.8 Å². The molecule has 0 bridgehead atoms. The van der Waals surface area contributed by atoms with Gasteiger partial charge in [-0.3, -0.25) is 4.79 Å². The normalized spacial score (nSPS) is 17.1. The van der Waals surface area contributed by atoms with Crippen LogP contribution in [0.2, 0.25) is 0 Å². The number of nitrogens with zero attached hydrogens (tertiary/aromatic N) is 3. The lowest BCUT2D eigenvalue weighted by atomic mass is 10.2. The van der Waals surface area contributed by atoms with Gasteiger partial charge in [-0.1, -0.05) is 36.0 Å². The van der Waals surface area contributed by atoms with Crippen LogP contribution in [0.3, 0.4) is 0 Å². The number of fused-ring (bicyclic) bond motifs is 1. The van der Waals surface area contributed by atoms with Crippen LogP contribution < -0.4 is 0 Å². The van der Waals surface area contributed by atoms with Gasteiger partial charge in [-0.25, -0.2) is 9.97 Å². The summed E-state index contributed by atoms with van der Waals surface area (Å²) in [5, 5.41) is 1.98. The molecule has 1 saturated carbocycles. The summed E-state index contributed by atoms with van der Waals surface area (Å²) in [7, 11) is 1.88. The maximum Gasteiger partial charge on any atom is 0.236 e. The number of hydrogen-bond donors (Lipinski definition) is 0. The van der Waals surface area contributed by atoms with Crippen LogP contribution in [-0.4, -0.2) is 33.6 Å². The fourth-order valence-corrected chi connectivity index (χ4v) is 3.98. The van der Waals surface area contributed by atoms with E-state index in [4.69, 9.17) is 9.97 Å². The molecular weight excluding hydrogens is 318 g/mol. The highest BCUT2D eigenvalue weighted by atomic mass is 32.2. The van der Waals surface area contributed by atoms with Gasteiger partial charge < -0.3 is 4.90 Å². The van der Waals surface area contributed by atoms with Crippen molar-refractivity contribution < 1.29 is 4.79 Å². The largest absolute Gasteiger partial charge is 0.319 e. The SMILES string of the molecule is CN(C(=O)CSc1nc(C2CC2)nc2ccccc12)C1=CCCC1. The van der Waals surface area contributed by atoms with E-state index in [1.54, 1.807) is 0 Å². The number of thioether (sulfide) groups is 1. The summed E-state index contributed by atoms with van der Waals surface area (Å²) >= 11 is 1.53. The number of aromatic nitrogens is 2. The Morgan fingerprint density at radius 2 is 2.12 bits per heavy atom. The number of para-hydroxylation sites is 1. The number of amides is 1. The number of benzene rings is 1. The summed E-state index contributed by atoms with van der Waals surface area (Å²) in [4.78, 5) is 23.8. The predicted octanol–water partition coefficient (Wildman–Crippen LogP) is 4.13. The first-order valence-corrected chi connectivity index (χ1v) is 9.56. The Kier molecular flexibility index (Phi) is 4.27. The Morgan fingerprint density at radius 1 is 1.29 bits per heavy atom. The molecule has 1 fully saturated rings. The predicted molar refractivity (Wildman–Crippen MR) is 96.9 cm³/mol. The minimum Gasteiger partial charge on any atom is -0.319 e. The molecule has 0 atom stereocenters. The van der Waals surface area contributed by atoms with Crippen molar-refractivity contribution in [3.8, 4) is 0 Å². The summed E-state index contributed by atoms with van der Waals surface area (Å²) < 4.78 is 0. The van der Waals surface area contributed by atoms with Gasteiger partial charge in [-0.15, -0.1) is 0 Å². The van der Waals surface area contributed by atoms with Crippen molar-refractivity contribution in [2.45, 2.75) is 43.0 Å². The number of hydrogen-bond acceptors (Lipinski definition) is 4. The molecule has 2 aliphatic rings. The van der Waals surface area contributed by atoms with Crippen molar-refractivity contribution in [3.63, 3.8) is 0 Å². The van der Waals surface area contributed by atoms with Gasteiger partial charge in [-0.05, 0) is 38.2 Å². The summed E-state index contributed by atoms with van der Waals surface area (Å²) in [5.41, 5.74) is 2.14. The lowest BCUT2D eigenvalue weighted by molar-refractivity contribution is -0.125. The first kappa shape index (κ1) is 15.6. The molecule has 2 aromatic rings. The van der Waals surface area contributed by atoms with Crippen LogP contribution in [0.15, 0.2) is 41.1 Å². The summed E-state index contributed by atoms with van der Waals surface area (Å²) in [5.74, 6) is 2.01. The maximum absolute atomic E-state index is 12.5. The fourth-order valence-electron chi connectivity index (χ4n) is 3.04. The van der Waals surface area contributed by atoms with Gasteiger partial charge in [0, 0.05) is 24.0 Å². The molecule has 0 spiro atoms. The van der Waals surface area contributed by atoms with Crippen LogP contribution in [0.4, 0.5) is 0 Å². The monoisotopic (exact) mass is 339 g/mol. The second-order valence-electron chi connectivity index (χ2n) is 6.51. The molecular formula is C19H21N3OS. The zero-order valence-corrected chi connectivity index (χ0v) is 14.7. The van der Waals surface area contributed by atoms with Crippen LogP contribution in [0.1, 0.15) is 43.8 Å². The molecule has 1 aromatic heterocycles. The van der Waals surface area contributed by atoms with E-state index >= 15 is 0 Å². The number of allylic oxidation sites excluding steroid dienone is 2. The average Bonchev–Trinajstić information content (AvgIpc) is 3.33. The van der Waals surface area contributed by atoms with Gasteiger partial charge in [0.25, 0.3) is 0 Å². The maximum atomic E-state index is 12.5. The molecule has 2 aliphatic carbocycles. The minimum atomic E-state index is 0.142. The Bertz CT molecular complexity index is 813. The molecule has 1 heterocycles.